The highest BCUT2D eigenvalue weighted by Gasteiger charge is 2.22. The lowest BCUT2D eigenvalue weighted by atomic mass is 10.1. The van der Waals surface area contributed by atoms with Crippen molar-refractivity contribution in [3.05, 3.63) is 40.6 Å². The van der Waals surface area contributed by atoms with Crippen molar-refractivity contribution in [3.8, 4) is 0 Å². The molecule has 1 unspecified atom stereocenters. The van der Waals surface area contributed by atoms with Crippen molar-refractivity contribution in [2.24, 2.45) is 0 Å². The number of nitrogens with zero attached hydrogens (tertiary/aromatic N) is 3. The molecule has 20 heavy (non-hydrogen) atoms. The molecule has 0 bridgehead atoms. The van der Waals surface area contributed by atoms with Crippen LogP contribution in [0, 0.1) is 10.1 Å². The van der Waals surface area contributed by atoms with E-state index in [9.17, 15) is 15.2 Å². The summed E-state index contributed by atoms with van der Waals surface area (Å²) in [6.07, 6.45) is 3.00. The van der Waals surface area contributed by atoms with E-state index in [1.54, 1.807) is 24.4 Å². The first-order chi connectivity index (χ1) is 9.66. The molecule has 6 heteroatoms. The largest absolute Gasteiger partial charge is 0.391 e. The maximum absolute atomic E-state index is 11.1. The normalized spacial score (nSPS) is 19.2. The molecule has 0 aliphatic carbocycles. The molecule has 0 amide bonds. The fourth-order valence-corrected chi connectivity index (χ4v) is 2.73. The first-order valence-corrected chi connectivity index (χ1v) is 6.62. The van der Waals surface area contributed by atoms with Crippen LogP contribution in [0.2, 0.25) is 0 Å². The van der Waals surface area contributed by atoms with Gasteiger partial charge in [0.25, 0.3) is 5.69 Å². The highest BCUT2D eigenvalue weighted by Crippen LogP contribution is 2.33. The van der Waals surface area contributed by atoms with Crippen molar-refractivity contribution in [2.45, 2.75) is 18.9 Å². The Kier molecular flexibility index (Phi) is 3.23. The summed E-state index contributed by atoms with van der Waals surface area (Å²) < 4.78 is 0. The number of rotatable bonds is 2. The van der Waals surface area contributed by atoms with Gasteiger partial charge in [-0.25, -0.2) is 0 Å². The number of β-amino-alcohol motifs (C(OH)–C–C–N with tert-alkyl or cyclic N) is 1. The minimum atomic E-state index is -0.390. The van der Waals surface area contributed by atoms with Crippen LogP contribution in [0.5, 0.6) is 0 Å². The van der Waals surface area contributed by atoms with Crippen LogP contribution < -0.4 is 4.90 Å². The molecule has 1 saturated heterocycles. The first-order valence-electron chi connectivity index (χ1n) is 6.62. The van der Waals surface area contributed by atoms with Crippen LogP contribution in [0.3, 0.4) is 0 Å². The number of pyridine rings is 1. The molecule has 0 radical (unpaired) electrons. The highest BCUT2D eigenvalue weighted by atomic mass is 16.6. The van der Waals surface area contributed by atoms with Crippen LogP contribution in [0.25, 0.3) is 10.9 Å². The third-order valence-electron chi connectivity index (χ3n) is 3.66. The molecule has 1 atom stereocenters. The zero-order chi connectivity index (χ0) is 14.1. The van der Waals surface area contributed by atoms with Gasteiger partial charge < -0.3 is 10.0 Å². The van der Waals surface area contributed by atoms with Crippen molar-refractivity contribution in [1.29, 1.82) is 0 Å². The number of hydrogen-bond acceptors (Lipinski definition) is 5. The number of aliphatic hydroxyl groups is 1. The van der Waals surface area contributed by atoms with Gasteiger partial charge in [0.2, 0.25) is 0 Å². The van der Waals surface area contributed by atoms with Gasteiger partial charge in [-0.1, -0.05) is 0 Å². The average molecular weight is 273 g/mol. The molecule has 1 fully saturated rings. The maximum atomic E-state index is 11.1. The first kappa shape index (κ1) is 12.8. The Morgan fingerprint density at radius 1 is 1.40 bits per heavy atom. The number of aromatic nitrogens is 1. The monoisotopic (exact) mass is 273 g/mol. The lowest BCUT2D eigenvalue weighted by Gasteiger charge is -2.32. The van der Waals surface area contributed by atoms with Crippen LogP contribution in [0.1, 0.15) is 12.8 Å². The molecule has 1 aromatic carbocycles. The second kappa shape index (κ2) is 5.05. The summed E-state index contributed by atoms with van der Waals surface area (Å²) in [6.45, 7) is 1.38. The number of benzene rings is 1. The van der Waals surface area contributed by atoms with Crippen LogP contribution in [-0.2, 0) is 0 Å². The Hall–Kier alpha value is -2.21. The van der Waals surface area contributed by atoms with E-state index in [0.29, 0.717) is 17.4 Å². The third-order valence-corrected chi connectivity index (χ3v) is 3.66. The standard InChI is InChI=1S/C14H15N3O3/c18-10-3-2-8-16(9-10)13-6-5-12(17(19)20)11-4-1-7-15-14(11)13/h1,4-7,10,18H,2-3,8-9H2. The van der Waals surface area contributed by atoms with Gasteiger partial charge in [0.15, 0.2) is 0 Å². The summed E-state index contributed by atoms with van der Waals surface area (Å²) in [6, 6.07) is 6.65. The van der Waals surface area contributed by atoms with E-state index in [4.69, 9.17) is 0 Å². The van der Waals surface area contributed by atoms with Gasteiger partial charge in [-0.15, -0.1) is 0 Å². The summed E-state index contributed by atoms with van der Waals surface area (Å²) >= 11 is 0. The molecule has 104 valence electrons. The van der Waals surface area contributed by atoms with Gasteiger partial charge in [0.05, 0.1) is 22.1 Å². The van der Waals surface area contributed by atoms with Gasteiger partial charge in [0.1, 0.15) is 5.52 Å². The predicted molar refractivity (Wildman–Crippen MR) is 75.9 cm³/mol. The lowest BCUT2D eigenvalue weighted by molar-refractivity contribution is -0.383. The fourth-order valence-electron chi connectivity index (χ4n) is 2.73. The lowest BCUT2D eigenvalue weighted by Crippen LogP contribution is -2.38. The van der Waals surface area contributed by atoms with Gasteiger partial charge in [0, 0.05) is 25.4 Å². The van der Waals surface area contributed by atoms with Crippen molar-refractivity contribution in [2.75, 3.05) is 18.0 Å². The number of aliphatic hydroxyl groups excluding tert-OH is 1. The highest BCUT2D eigenvalue weighted by molar-refractivity contribution is 5.97. The minimum absolute atomic E-state index is 0.0643. The summed E-state index contributed by atoms with van der Waals surface area (Å²) in [7, 11) is 0. The van der Waals surface area contributed by atoms with Crippen LogP contribution in [-0.4, -0.2) is 34.2 Å². The molecular weight excluding hydrogens is 258 g/mol. The Balaban J connectivity index is 2.12. The molecule has 0 spiro atoms. The van der Waals surface area contributed by atoms with Gasteiger partial charge >= 0.3 is 0 Å². The zero-order valence-electron chi connectivity index (χ0n) is 10.9. The van der Waals surface area contributed by atoms with E-state index in [0.717, 1.165) is 25.1 Å². The van der Waals surface area contributed by atoms with Gasteiger partial charge in [-0.05, 0) is 31.0 Å². The topological polar surface area (TPSA) is 79.5 Å². The summed E-state index contributed by atoms with van der Waals surface area (Å²) in [5, 5.41) is 21.4. The molecule has 2 heterocycles. The Labute approximate surface area is 115 Å². The summed E-state index contributed by atoms with van der Waals surface area (Å²) in [4.78, 5) is 17.0. The number of hydrogen-bond donors (Lipinski definition) is 1. The van der Waals surface area contributed by atoms with E-state index < -0.39 is 4.92 Å². The molecular formula is C14H15N3O3. The SMILES string of the molecule is O=[N+]([O-])c1ccc(N2CCCC(O)C2)c2ncccc12. The molecule has 1 aromatic heterocycles. The molecule has 1 aliphatic heterocycles. The Morgan fingerprint density at radius 3 is 3.00 bits per heavy atom. The van der Waals surface area contributed by atoms with E-state index in [-0.39, 0.29) is 11.8 Å². The fraction of sp³-hybridized carbons (Fsp3) is 0.357. The second-order valence-corrected chi connectivity index (χ2v) is 5.00. The third kappa shape index (κ3) is 2.18. The molecule has 1 aliphatic rings. The number of piperidine rings is 1. The minimum Gasteiger partial charge on any atom is -0.391 e. The van der Waals surface area contributed by atoms with Crippen molar-refractivity contribution in [1.82, 2.24) is 4.98 Å². The van der Waals surface area contributed by atoms with E-state index >= 15 is 0 Å². The number of non-ortho nitro benzene ring substituents is 1. The van der Waals surface area contributed by atoms with Gasteiger partial charge in [-0.2, -0.15) is 0 Å². The van der Waals surface area contributed by atoms with Gasteiger partial charge in [-0.3, -0.25) is 15.1 Å². The number of nitro benzene ring substituents is 1. The van der Waals surface area contributed by atoms with Crippen molar-refractivity contribution < 1.29 is 10.0 Å². The quantitative estimate of drug-likeness (QED) is 0.669. The van der Waals surface area contributed by atoms with Crippen LogP contribution in [0.4, 0.5) is 11.4 Å². The Bertz CT molecular complexity index is 659. The molecule has 6 nitrogen and oxygen atoms in total. The average Bonchev–Trinajstić information content (AvgIpc) is 2.46. The number of fused-ring (bicyclic) bond motifs is 1. The molecule has 2 aromatic rings. The molecule has 1 N–H and O–H groups in total. The second-order valence-electron chi connectivity index (χ2n) is 5.00. The number of anilines is 1. The van der Waals surface area contributed by atoms with E-state index in [1.165, 1.54) is 6.07 Å². The summed E-state index contributed by atoms with van der Waals surface area (Å²) in [5.74, 6) is 0. The maximum Gasteiger partial charge on any atom is 0.278 e. The molecule has 3 rings (SSSR count). The van der Waals surface area contributed by atoms with Crippen LogP contribution >= 0.6 is 0 Å². The Morgan fingerprint density at radius 2 is 2.25 bits per heavy atom. The van der Waals surface area contributed by atoms with Crippen molar-refractivity contribution >= 4 is 22.3 Å². The van der Waals surface area contributed by atoms with Crippen molar-refractivity contribution in [3.63, 3.8) is 0 Å². The van der Waals surface area contributed by atoms with Crippen LogP contribution in [0.15, 0.2) is 30.5 Å². The zero-order valence-corrected chi connectivity index (χ0v) is 10.9. The van der Waals surface area contributed by atoms with E-state index in [1.807, 2.05) is 4.90 Å². The predicted octanol–water partition coefficient (Wildman–Crippen LogP) is 2.10. The molecule has 0 saturated carbocycles. The van der Waals surface area contributed by atoms with E-state index in [2.05, 4.69) is 4.98 Å². The summed E-state index contributed by atoms with van der Waals surface area (Å²) in [5.41, 5.74) is 1.54. The smallest absolute Gasteiger partial charge is 0.278 e. The number of nitro groups is 1.